The summed E-state index contributed by atoms with van der Waals surface area (Å²) in [5.41, 5.74) is 7.10. The molecule has 1 aromatic heterocycles. The molecule has 0 saturated carbocycles. The van der Waals surface area contributed by atoms with Crippen LogP contribution in [-0.4, -0.2) is 20.6 Å². The van der Waals surface area contributed by atoms with Crippen LogP contribution in [0.4, 0.5) is 0 Å². The molecule has 0 aliphatic heterocycles. The van der Waals surface area contributed by atoms with Crippen LogP contribution in [0, 0.1) is 0 Å². The van der Waals surface area contributed by atoms with E-state index in [1.165, 1.54) is 0 Å². The second kappa shape index (κ2) is 5.29. The molecule has 1 heterocycles. The minimum absolute atomic E-state index is 0.0617. The van der Waals surface area contributed by atoms with Crippen molar-refractivity contribution in [3.05, 3.63) is 52.0 Å². The number of amidine groups is 1. The van der Waals surface area contributed by atoms with Gasteiger partial charge in [0.25, 0.3) is 0 Å². The second-order valence-corrected chi connectivity index (χ2v) is 4.36. The van der Waals surface area contributed by atoms with Gasteiger partial charge in [-0.25, -0.2) is 4.98 Å². The van der Waals surface area contributed by atoms with Gasteiger partial charge in [-0.2, -0.15) is 0 Å². The molecule has 0 spiro atoms. The van der Waals surface area contributed by atoms with E-state index in [1.54, 1.807) is 23.0 Å². The predicted octanol–water partition coefficient (Wildman–Crippen LogP) is 2.33. The van der Waals surface area contributed by atoms with Crippen LogP contribution in [0.2, 0.25) is 10.3 Å². The summed E-state index contributed by atoms with van der Waals surface area (Å²) in [6, 6.07) is 7.27. The maximum absolute atomic E-state index is 8.63. The van der Waals surface area contributed by atoms with Gasteiger partial charge in [-0.1, -0.05) is 46.6 Å². The van der Waals surface area contributed by atoms with Gasteiger partial charge in [0.1, 0.15) is 5.15 Å². The third-order valence-electron chi connectivity index (χ3n) is 2.42. The molecule has 2 rings (SSSR count). The molecule has 5 nitrogen and oxygen atoms in total. The summed E-state index contributed by atoms with van der Waals surface area (Å²) in [5, 5.41) is 12.2. The number of benzene rings is 1. The second-order valence-electron chi connectivity index (χ2n) is 3.64. The zero-order valence-electron chi connectivity index (χ0n) is 9.22. The van der Waals surface area contributed by atoms with Crippen molar-refractivity contribution in [2.45, 2.75) is 6.54 Å². The van der Waals surface area contributed by atoms with Gasteiger partial charge < -0.3 is 15.5 Å². The molecule has 1 aromatic carbocycles. The average Bonchev–Trinajstić information content (AvgIpc) is 2.70. The van der Waals surface area contributed by atoms with Crippen molar-refractivity contribution in [2.75, 3.05) is 0 Å². The van der Waals surface area contributed by atoms with Crippen molar-refractivity contribution in [3.8, 4) is 0 Å². The summed E-state index contributed by atoms with van der Waals surface area (Å²) < 4.78 is 1.70. The van der Waals surface area contributed by atoms with Crippen LogP contribution in [0.3, 0.4) is 0 Å². The van der Waals surface area contributed by atoms with Crippen LogP contribution in [0.1, 0.15) is 11.1 Å². The van der Waals surface area contributed by atoms with E-state index < -0.39 is 0 Å². The van der Waals surface area contributed by atoms with Crippen LogP contribution in [0.5, 0.6) is 0 Å². The fraction of sp³-hybridized carbons (Fsp3) is 0.0909. The third kappa shape index (κ3) is 2.57. The number of halogens is 2. The molecule has 18 heavy (non-hydrogen) atoms. The average molecular weight is 285 g/mol. The first-order valence-electron chi connectivity index (χ1n) is 5.05. The number of hydrogen-bond acceptors (Lipinski definition) is 3. The lowest BCUT2D eigenvalue weighted by Gasteiger charge is -2.06. The van der Waals surface area contributed by atoms with Crippen molar-refractivity contribution in [1.82, 2.24) is 9.55 Å². The molecule has 0 saturated heterocycles. The Kier molecular flexibility index (Phi) is 3.74. The lowest BCUT2D eigenvalue weighted by atomic mass is 10.1. The van der Waals surface area contributed by atoms with E-state index in [0.717, 1.165) is 5.56 Å². The molecule has 0 bridgehead atoms. The van der Waals surface area contributed by atoms with Gasteiger partial charge in [0.2, 0.25) is 0 Å². The standard InChI is InChI=1S/C11H10Cl2N4O/c12-9-10(13)17(6-15-9)5-7-2-1-3-8(4-7)11(14)16-18/h1-4,6,18H,5H2,(H2,14,16). The summed E-state index contributed by atoms with van der Waals surface area (Å²) in [7, 11) is 0. The van der Waals surface area contributed by atoms with Crippen LogP contribution in [0.25, 0.3) is 0 Å². The maximum Gasteiger partial charge on any atom is 0.170 e. The van der Waals surface area contributed by atoms with Crippen LogP contribution in [0.15, 0.2) is 35.7 Å². The van der Waals surface area contributed by atoms with E-state index in [1.807, 2.05) is 12.1 Å². The number of imidazole rings is 1. The molecule has 0 aliphatic carbocycles. The Morgan fingerprint density at radius 3 is 2.83 bits per heavy atom. The predicted molar refractivity (Wildman–Crippen MR) is 70.3 cm³/mol. The molecular formula is C11H10Cl2N4O. The zero-order chi connectivity index (χ0) is 13.1. The topological polar surface area (TPSA) is 76.4 Å². The largest absolute Gasteiger partial charge is 0.409 e. The highest BCUT2D eigenvalue weighted by atomic mass is 35.5. The Morgan fingerprint density at radius 2 is 2.22 bits per heavy atom. The molecule has 3 N–H and O–H groups in total. The van der Waals surface area contributed by atoms with Gasteiger partial charge in [0, 0.05) is 12.1 Å². The molecule has 0 aliphatic rings. The van der Waals surface area contributed by atoms with E-state index in [2.05, 4.69) is 10.1 Å². The summed E-state index contributed by atoms with van der Waals surface area (Å²) in [6.45, 7) is 0.505. The van der Waals surface area contributed by atoms with E-state index >= 15 is 0 Å². The van der Waals surface area contributed by atoms with Crippen molar-refractivity contribution in [2.24, 2.45) is 10.9 Å². The van der Waals surface area contributed by atoms with Gasteiger partial charge in [-0.05, 0) is 11.6 Å². The SMILES string of the molecule is NC(=NO)c1cccc(Cn2cnc(Cl)c2Cl)c1. The normalized spacial score (nSPS) is 11.8. The summed E-state index contributed by atoms with van der Waals surface area (Å²) in [6.07, 6.45) is 1.56. The molecule has 2 aromatic rings. The van der Waals surface area contributed by atoms with Crippen LogP contribution >= 0.6 is 23.2 Å². The van der Waals surface area contributed by atoms with Gasteiger partial charge in [-0.3, -0.25) is 0 Å². The summed E-state index contributed by atoms with van der Waals surface area (Å²) in [5.74, 6) is 0.0617. The van der Waals surface area contributed by atoms with Crippen molar-refractivity contribution >= 4 is 29.0 Å². The Balaban J connectivity index is 2.27. The van der Waals surface area contributed by atoms with E-state index in [4.69, 9.17) is 34.1 Å². The van der Waals surface area contributed by atoms with Gasteiger partial charge in [-0.15, -0.1) is 0 Å². The first kappa shape index (κ1) is 12.7. The number of hydrogen-bond donors (Lipinski definition) is 2. The highest BCUT2D eigenvalue weighted by molar-refractivity contribution is 6.40. The van der Waals surface area contributed by atoms with E-state index in [-0.39, 0.29) is 11.0 Å². The number of nitrogens with two attached hydrogens (primary N) is 1. The molecular weight excluding hydrogens is 275 g/mol. The molecule has 7 heteroatoms. The minimum Gasteiger partial charge on any atom is -0.409 e. The van der Waals surface area contributed by atoms with E-state index in [0.29, 0.717) is 17.3 Å². The third-order valence-corrected chi connectivity index (χ3v) is 3.19. The first-order chi connectivity index (χ1) is 8.61. The Hall–Kier alpha value is -1.72. The van der Waals surface area contributed by atoms with Crippen molar-refractivity contribution < 1.29 is 5.21 Å². The number of aromatic nitrogens is 2. The maximum atomic E-state index is 8.63. The smallest absolute Gasteiger partial charge is 0.170 e. The highest BCUT2D eigenvalue weighted by Crippen LogP contribution is 2.20. The fourth-order valence-electron chi connectivity index (χ4n) is 1.54. The highest BCUT2D eigenvalue weighted by Gasteiger charge is 2.07. The van der Waals surface area contributed by atoms with Gasteiger partial charge >= 0.3 is 0 Å². The summed E-state index contributed by atoms with van der Waals surface area (Å²) >= 11 is 11.7. The molecule has 0 amide bonds. The molecule has 0 unspecified atom stereocenters. The van der Waals surface area contributed by atoms with Crippen molar-refractivity contribution in [1.29, 1.82) is 0 Å². The number of oxime groups is 1. The lowest BCUT2D eigenvalue weighted by molar-refractivity contribution is 0.318. The molecule has 94 valence electrons. The Morgan fingerprint density at radius 1 is 1.44 bits per heavy atom. The Bertz CT molecular complexity index is 594. The Labute approximate surface area is 113 Å². The zero-order valence-corrected chi connectivity index (χ0v) is 10.7. The molecule has 0 fully saturated rings. The number of rotatable bonds is 3. The minimum atomic E-state index is 0.0617. The van der Waals surface area contributed by atoms with Crippen LogP contribution in [-0.2, 0) is 6.54 Å². The van der Waals surface area contributed by atoms with E-state index in [9.17, 15) is 0 Å². The van der Waals surface area contributed by atoms with Gasteiger partial charge in [0.05, 0.1) is 6.33 Å². The lowest BCUT2D eigenvalue weighted by Crippen LogP contribution is -2.13. The van der Waals surface area contributed by atoms with Crippen LogP contribution < -0.4 is 5.73 Å². The van der Waals surface area contributed by atoms with Gasteiger partial charge in [0.15, 0.2) is 11.0 Å². The quantitative estimate of drug-likeness (QED) is 0.393. The molecule has 0 atom stereocenters. The summed E-state index contributed by atoms with van der Waals surface area (Å²) in [4.78, 5) is 3.89. The fourth-order valence-corrected chi connectivity index (χ4v) is 1.84. The van der Waals surface area contributed by atoms with Crippen molar-refractivity contribution in [3.63, 3.8) is 0 Å². The molecule has 0 radical (unpaired) electrons. The monoisotopic (exact) mass is 284 g/mol. The number of nitrogens with zero attached hydrogens (tertiary/aromatic N) is 3. The first-order valence-corrected chi connectivity index (χ1v) is 5.80.